The van der Waals surface area contributed by atoms with E-state index in [4.69, 9.17) is 9.47 Å². The third-order valence-corrected chi connectivity index (χ3v) is 9.66. The van der Waals surface area contributed by atoms with E-state index in [9.17, 15) is 33.7 Å². The second-order valence-corrected chi connectivity index (χ2v) is 12.2. The van der Waals surface area contributed by atoms with Crippen LogP contribution >= 0.6 is 23.1 Å². The zero-order chi connectivity index (χ0) is 31.8. The molecule has 230 valence electrons. The fourth-order valence-corrected chi connectivity index (χ4v) is 7.85. The van der Waals surface area contributed by atoms with Crippen LogP contribution in [0, 0.1) is 21.8 Å². The molecule has 4 aromatic rings. The summed E-state index contributed by atoms with van der Waals surface area (Å²) in [5.74, 6) is -2.97. The molecule has 2 N–H and O–H groups in total. The molecule has 3 amide bonds. The number of aromatic nitrogens is 1. The lowest BCUT2D eigenvalue weighted by Crippen LogP contribution is -2.32. The van der Waals surface area contributed by atoms with E-state index in [-0.39, 0.29) is 41.0 Å². The summed E-state index contributed by atoms with van der Waals surface area (Å²) in [7, 11) is 0. The number of carbonyl (C=O) groups is 3. The number of imide groups is 1. The Morgan fingerprint density at radius 3 is 2.44 bits per heavy atom. The molecular weight excluding hydrogens is 627 g/mol. The second-order valence-electron chi connectivity index (χ2n) is 10.0. The number of H-pyrrole nitrogens is 1. The van der Waals surface area contributed by atoms with Gasteiger partial charge in [0.1, 0.15) is 11.1 Å². The Labute approximate surface area is 262 Å². The first-order chi connectivity index (χ1) is 21.6. The molecular formula is C30H23FN4O8S2. The van der Waals surface area contributed by atoms with Gasteiger partial charge in [-0.3, -0.25) is 29.3 Å². The first kappa shape index (κ1) is 30.0. The number of thiazole rings is 1. The minimum atomic E-state index is -0.889. The van der Waals surface area contributed by atoms with Gasteiger partial charge in [0.25, 0.3) is 11.6 Å². The molecule has 2 aliphatic heterocycles. The third kappa shape index (κ3) is 5.79. The lowest BCUT2D eigenvalue weighted by Gasteiger charge is -2.30. The molecule has 1 saturated heterocycles. The summed E-state index contributed by atoms with van der Waals surface area (Å²) < 4.78 is 24.7. The Bertz CT molecular complexity index is 1880. The van der Waals surface area contributed by atoms with E-state index in [0.29, 0.717) is 21.2 Å². The van der Waals surface area contributed by atoms with E-state index in [0.717, 1.165) is 28.0 Å². The van der Waals surface area contributed by atoms with Crippen molar-refractivity contribution in [1.29, 1.82) is 0 Å². The second kappa shape index (κ2) is 12.2. The van der Waals surface area contributed by atoms with Crippen molar-refractivity contribution >= 4 is 57.9 Å². The summed E-state index contributed by atoms with van der Waals surface area (Å²) in [6, 6.07) is 15.4. The van der Waals surface area contributed by atoms with Gasteiger partial charge in [0.15, 0.2) is 18.1 Å². The quantitative estimate of drug-likeness (QED) is 0.149. The van der Waals surface area contributed by atoms with Gasteiger partial charge in [-0.1, -0.05) is 29.2 Å². The predicted octanol–water partition coefficient (Wildman–Crippen LogP) is 4.70. The molecule has 3 atom stereocenters. The molecule has 12 nitrogen and oxygen atoms in total. The molecule has 2 unspecified atom stereocenters. The number of amides is 3. The summed E-state index contributed by atoms with van der Waals surface area (Å²) in [5, 5.41) is 13.4. The molecule has 15 heteroatoms. The van der Waals surface area contributed by atoms with Crippen LogP contribution < -0.4 is 24.6 Å². The van der Waals surface area contributed by atoms with Crippen molar-refractivity contribution in [3.8, 4) is 11.5 Å². The maximum Gasteiger partial charge on any atom is 0.305 e. The van der Waals surface area contributed by atoms with Crippen LogP contribution in [0.2, 0.25) is 0 Å². The van der Waals surface area contributed by atoms with Crippen molar-refractivity contribution in [2.75, 3.05) is 23.4 Å². The number of nitro benzene ring substituents is 1. The van der Waals surface area contributed by atoms with Crippen molar-refractivity contribution in [1.82, 2.24) is 4.98 Å². The minimum absolute atomic E-state index is 0.180. The number of halogens is 1. The molecule has 3 heterocycles. The molecule has 0 spiro atoms. The van der Waals surface area contributed by atoms with Crippen LogP contribution in [0.15, 0.2) is 76.6 Å². The first-order valence-electron chi connectivity index (χ1n) is 13.6. The molecule has 1 fully saturated rings. The SMILES string of the molecule is CCOc1cc([C@H]2c3sc(=O)[nH]c3SC3C(=O)N(c4ccc([N+](=O)[O-])cc4)C(=O)C32)ccc1OCC(=O)Nc1ccc(F)cc1. The third-order valence-electron chi connectivity index (χ3n) is 7.26. The van der Waals surface area contributed by atoms with E-state index in [1.807, 2.05) is 0 Å². The summed E-state index contributed by atoms with van der Waals surface area (Å²) in [4.78, 5) is 67.1. The van der Waals surface area contributed by atoms with Gasteiger partial charge in [-0.15, -0.1) is 0 Å². The number of hydrogen-bond acceptors (Lipinski definition) is 10. The van der Waals surface area contributed by atoms with Gasteiger partial charge < -0.3 is 19.8 Å². The van der Waals surface area contributed by atoms with Crippen molar-refractivity contribution in [3.05, 3.63) is 103 Å². The molecule has 1 aromatic heterocycles. The highest BCUT2D eigenvalue weighted by atomic mass is 32.2. The average molecular weight is 651 g/mol. The largest absolute Gasteiger partial charge is 0.490 e. The van der Waals surface area contributed by atoms with Crippen LogP contribution in [-0.2, 0) is 14.4 Å². The maximum absolute atomic E-state index is 13.9. The lowest BCUT2D eigenvalue weighted by atomic mass is 9.83. The number of non-ortho nitro benzene ring substituents is 1. The topological polar surface area (TPSA) is 161 Å². The number of benzene rings is 3. The summed E-state index contributed by atoms with van der Waals surface area (Å²) in [6.07, 6.45) is 0. The van der Waals surface area contributed by atoms with Crippen molar-refractivity contribution < 1.29 is 33.2 Å². The Morgan fingerprint density at radius 1 is 1.02 bits per heavy atom. The standard InChI is InChI=1S/C30H23FN4O8S2/c1-2-42-21-13-15(3-12-20(21)43-14-22(36)32-17-6-4-16(31)5-7-17)23-24-26(44-27-25(23)45-30(39)33-27)29(38)34(28(24)37)18-8-10-19(11-9-18)35(40)41/h3-13,23-24,26H,2,14H2,1H3,(H,32,36)(H,33,39)/t23-,24?,26?/m1/s1. The van der Waals surface area contributed by atoms with Gasteiger partial charge in [-0.25, -0.2) is 9.29 Å². The number of nitrogens with one attached hydrogen (secondary N) is 2. The monoisotopic (exact) mass is 650 g/mol. The van der Waals surface area contributed by atoms with Crippen LogP contribution in [-0.4, -0.2) is 46.1 Å². The van der Waals surface area contributed by atoms with E-state index < -0.39 is 45.5 Å². The van der Waals surface area contributed by atoms with Crippen LogP contribution in [0.1, 0.15) is 23.3 Å². The number of anilines is 2. The Hall–Kier alpha value is -5.02. The molecule has 0 radical (unpaired) electrons. The molecule has 0 saturated carbocycles. The van der Waals surface area contributed by atoms with Gasteiger partial charge in [0.2, 0.25) is 11.8 Å². The average Bonchev–Trinajstić information content (AvgIpc) is 3.51. The highest BCUT2D eigenvalue weighted by Gasteiger charge is 2.56. The summed E-state index contributed by atoms with van der Waals surface area (Å²) in [6.45, 7) is 1.65. The van der Waals surface area contributed by atoms with Crippen LogP contribution in [0.25, 0.3) is 0 Å². The zero-order valence-electron chi connectivity index (χ0n) is 23.4. The summed E-state index contributed by atoms with van der Waals surface area (Å²) >= 11 is 2.06. The number of rotatable bonds is 9. The molecule has 45 heavy (non-hydrogen) atoms. The zero-order valence-corrected chi connectivity index (χ0v) is 25.0. The number of hydrogen-bond donors (Lipinski definition) is 2. The smallest absolute Gasteiger partial charge is 0.305 e. The fourth-order valence-electron chi connectivity index (χ4n) is 5.33. The lowest BCUT2D eigenvalue weighted by molar-refractivity contribution is -0.384. The molecule has 0 bridgehead atoms. The summed E-state index contributed by atoms with van der Waals surface area (Å²) in [5.41, 5.74) is 1.01. The normalized spacial score (nSPS) is 18.7. The number of thioether (sulfide) groups is 1. The molecule has 2 aliphatic rings. The van der Waals surface area contributed by atoms with E-state index in [1.54, 1.807) is 25.1 Å². The van der Waals surface area contributed by atoms with Gasteiger partial charge in [0.05, 0.1) is 28.2 Å². The number of carbonyl (C=O) groups excluding carboxylic acids is 3. The van der Waals surface area contributed by atoms with Gasteiger partial charge in [0, 0.05) is 28.6 Å². The van der Waals surface area contributed by atoms with Crippen LogP contribution in [0.4, 0.5) is 21.5 Å². The Balaban J connectivity index is 1.30. The maximum atomic E-state index is 13.9. The van der Waals surface area contributed by atoms with Crippen molar-refractivity contribution in [2.24, 2.45) is 5.92 Å². The highest BCUT2D eigenvalue weighted by molar-refractivity contribution is 8.00. The minimum Gasteiger partial charge on any atom is -0.490 e. The highest BCUT2D eigenvalue weighted by Crippen LogP contribution is 2.53. The van der Waals surface area contributed by atoms with Gasteiger partial charge in [-0.05, 0) is 61.0 Å². The Morgan fingerprint density at radius 2 is 1.76 bits per heavy atom. The van der Waals surface area contributed by atoms with E-state index >= 15 is 0 Å². The number of aromatic amines is 1. The van der Waals surface area contributed by atoms with Crippen LogP contribution in [0.5, 0.6) is 11.5 Å². The van der Waals surface area contributed by atoms with Gasteiger partial charge >= 0.3 is 4.87 Å². The molecule has 3 aromatic carbocycles. The Kier molecular flexibility index (Phi) is 8.12. The number of ether oxygens (including phenoxy) is 2. The van der Waals surface area contributed by atoms with E-state index in [2.05, 4.69) is 10.3 Å². The predicted molar refractivity (Wildman–Crippen MR) is 164 cm³/mol. The van der Waals surface area contributed by atoms with E-state index in [1.165, 1.54) is 48.5 Å². The van der Waals surface area contributed by atoms with Crippen molar-refractivity contribution in [3.63, 3.8) is 0 Å². The molecule has 6 rings (SSSR count). The van der Waals surface area contributed by atoms with Gasteiger partial charge in [-0.2, -0.15) is 0 Å². The fraction of sp³-hybridized carbons (Fsp3) is 0.200. The van der Waals surface area contributed by atoms with Crippen LogP contribution in [0.3, 0.4) is 0 Å². The first-order valence-corrected chi connectivity index (χ1v) is 15.3. The van der Waals surface area contributed by atoms with Crippen molar-refractivity contribution in [2.45, 2.75) is 23.1 Å². The number of nitrogens with zero attached hydrogens (tertiary/aromatic N) is 2. The number of fused-ring (bicyclic) bond motifs is 2. The number of nitro groups is 1. The molecule has 0 aliphatic carbocycles.